The number of hydrogen-bond acceptors (Lipinski definition) is 4. The monoisotopic (exact) mass is 1100 g/mol. The Balaban J connectivity index is 0.00000305. The fourth-order valence-electron chi connectivity index (χ4n) is 10.6. The molecule has 0 aliphatic carbocycles. The molecule has 0 amide bonds. The molecule has 362 valence electrons. The third-order valence-corrected chi connectivity index (χ3v) is 14.5. The van der Waals surface area contributed by atoms with E-state index in [1.165, 1.54) is 22.3 Å². The Kier molecular flexibility index (Phi) is 13.1. The van der Waals surface area contributed by atoms with E-state index in [-0.39, 0.29) is 39.0 Å². The molecule has 10 heteroatoms. The van der Waals surface area contributed by atoms with E-state index in [1.54, 1.807) is 0 Å². The van der Waals surface area contributed by atoms with Crippen LogP contribution in [0.15, 0.2) is 158 Å². The molecule has 4 aliphatic heterocycles. The zero-order chi connectivity index (χ0) is 51.0. The Morgan fingerprint density at radius 2 is 0.487 bits per heavy atom. The maximum absolute atomic E-state index is 5.64. The van der Waals surface area contributed by atoms with Crippen molar-refractivity contribution >= 4 is 92.7 Å². The van der Waals surface area contributed by atoms with Gasteiger partial charge in [0.15, 0.2) is 0 Å². The van der Waals surface area contributed by atoms with Crippen LogP contribution in [0.25, 0.3) is 148 Å². The summed E-state index contributed by atoms with van der Waals surface area (Å²) >= 11 is 0. The summed E-state index contributed by atoms with van der Waals surface area (Å²) in [4.78, 5) is 43.5. The molecule has 0 fully saturated rings. The number of rotatable bonds is 5. The van der Waals surface area contributed by atoms with Crippen molar-refractivity contribution in [3.8, 4) is 55.6 Å². The molecule has 78 heavy (non-hydrogen) atoms. The smallest absolute Gasteiger partial charge is 0.657 e. The molecule has 4 aliphatic rings. The summed E-state index contributed by atoms with van der Waals surface area (Å²) in [5.74, 6) is 0. The quantitative estimate of drug-likeness (QED) is 0.157. The zero-order valence-electron chi connectivity index (χ0n) is 43.6. The Morgan fingerprint density at radius 3 is 0.808 bits per heavy atom. The van der Waals surface area contributed by atoms with Crippen LogP contribution in [0.1, 0.15) is 67.8 Å². The Morgan fingerprint density at radius 1 is 0.244 bits per heavy atom. The molecule has 14 rings (SSSR count). The van der Waals surface area contributed by atoms with E-state index in [1.807, 2.05) is 12.1 Å². The molecular weight excluding hydrogens is 1060 g/mol. The van der Waals surface area contributed by atoms with Crippen LogP contribution in [-0.4, -0.2) is 19.9 Å². The largest absolute Gasteiger partial charge is 2.00 e. The molecule has 0 spiro atoms. The molecule has 8 nitrogen and oxygen atoms in total. The summed E-state index contributed by atoms with van der Waals surface area (Å²) in [6.45, 7) is 8.41. The number of benzene rings is 4. The average molecular weight is 1110 g/mol. The van der Waals surface area contributed by atoms with Crippen molar-refractivity contribution in [2.75, 3.05) is 0 Å². The van der Waals surface area contributed by atoms with Gasteiger partial charge in [-0.3, -0.25) is 0 Å². The average Bonchev–Trinajstić information content (AvgIpc) is 4.45. The number of fused-ring (bicyclic) bond motifs is 16. The van der Waals surface area contributed by atoms with Crippen molar-refractivity contribution in [2.24, 2.45) is 0 Å². The minimum atomic E-state index is 0. The van der Waals surface area contributed by atoms with Gasteiger partial charge in [0.05, 0.1) is 45.6 Å². The van der Waals surface area contributed by atoms with E-state index in [9.17, 15) is 0 Å². The van der Waals surface area contributed by atoms with Gasteiger partial charge in [0.25, 0.3) is 0 Å². The second-order valence-corrected chi connectivity index (χ2v) is 19.9. The molecule has 4 aromatic carbocycles. The van der Waals surface area contributed by atoms with Gasteiger partial charge in [-0.25, -0.2) is 19.9 Å². The van der Waals surface area contributed by atoms with E-state index in [4.69, 9.17) is 39.9 Å². The van der Waals surface area contributed by atoms with Gasteiger partial charge < -0.3 is 19.9 Å². The summed E-state index contributed by atoms with van der Waals surface area (Å²) in [7, 11) is 0. The van der Waals surface area contributed by atoms with E-state index in [0.29, 0.717) is 22.4 Å². The SMILES string of the molecule is Cc1ccc(-c2c3nc(c(-c4c5nc(c(-c6ccc(C)cc6)c6ccc(cc7nc(c(-c8ccc(C)cc8)c8ccc4[n-]8)C=C7)[n-]6)C=C5)c4ccc([n-]4)c(-c4ccc(C)cc4)c4nc(cc5ccc2[n-]5)C=C4)C=C3)cc1.[Zn+2].[Zn+2]. The Bertz CT molecular complexity index is 4150. The second kappa shape index (κ2) is 20.4. The van der Waals surface area contributed by atoms with Crippen LogP contribution in [0.5, 0.6) is 0 Å². The molecule has 10 aromatic rings. The predicted octanol–water partition coefficient (Wildman–Crippen LogP) is 15.7. The number of hydrogen-bond donors (Lipinski definition) is 0. The molecule has 16 bridgehead atoms. The van der Waals surface area contributed by atoms with Crippen LogP contribution in [0.2, 0.25) is 0 Å². The van der Waals surface area contributed by atoms with Crippen LogP contribution in [0.3, 0.4) is 0 Å². The van der Waals surface area contributed by atoms with Crippen LogP contribution in [0, 0.1) is 27.7 Å². The van der Waals surface area contributed by atoms with Gasteiger partial charge >= 0.3 is 39.0 Å². The predicted molar refractivity (Wildman–Crippen MR) is 313 cm³/mol. The molecule has 0 unspecified atom stereocenters. The fraction of sp³-hybridized carbons (Fsp3) is 0.0588. The minimum Gasteiger partial charge on any atom is -0.657 e. The van der Waals surface area contributed by atoms with Gasteiger partial charge in [0.2, 0.25) is 0 Å². The number of nitrogens with zero attached hydrogens (tertiary/aromatic N) is 8. The summed E-state index contributed by atoms with van der Waals surface area (Å²) in [6, 6.07) is 55.0. The molecule has 0 radical (unpaired) electrons. The normalized spacial score (nSPS) is 12.2. The van der Waals surface area contributed by atoms with Gasteiger partial charge in [-0.2, -0.15) is 0 Å². The van der Waals surface area contributed by atoms with Crippen LogP contribution in [0.4, 0.5) is 0 Å². The van der Waals surface area contributed by atoms with Crippen molar-refractivity contribution in [1.29, 1.82) is 0 Å². The topological polar surface area (TPSA) is 108 Å². The summed E-state index contributed by atoms with van der Waals surface area (Å²) in [5, 5.41) is 0. The number of aromatic nitrogens is 8. The van der Waals surface area contributed by atoms with Crippen LogP contribution in [-0.2, 0) is 39.0 Å². The number of aryl methyl sites for hydroxylation is 4. The molecule has 0 N–H and O–H groups in total. The van der Waals surface area contributed by atoms with Crippen LogP contribution < -0.4 is 19.9 Å². The standard InChI is InChI=1S/C68H46N8.2Zn/c1-39-5-13-43(14-6-39)63-51-25-21-47(69-51)37-48-22-26-52(70-48)64(44-15-7-40(2)8-16-44)56-30-34-60(74-56)67(59-33-29-55(63)73-59)68-61-35-31-57(75-61)65(45-17-9-41(3)10-18-45)53-27-23-49(71-53)38-50-24-28-54(72-50)66(58-32-36-62(68)76-58)46-19-11-42(4)12-20-46;;/h5-38H,1-4H3;;/q-4;2*+2. The molecular formula is C68H46N8Zn2. The zero-order valence-corrected chi connectivity index (χ0v) is 49.6. The Labute approximate surface area is 477 Å². The third kappa shape index (κ3) is 9.21. The van der Waals surface area contributed by atoms with Crippen molar-refractivity contribution in [2.45, 2.75) is 27.7 Å². The van der Waals surface area contributed by atoms with Gasteiger partial charge in [0.1, 0.15) is 0 Å². The van der Waals surface area contributed by atoms with Gasteiger partial charge in [-0.1, -0.05) is 180 Å². The molecule has 6 aromatic heterocycles. The first-order valence-corrected chi connectivity index (χ1v) is 25.6. The summed E-state index contributed by atoms with van der Waals surface area (Å²) in [6.07, 6.45) is 16.7. The molecule has 0 saturated carbocycles. The maximum atomic E-state index is 5.64. The second-order valence-electron chi connectivity index (χ2n) is 19.9. The van der Waals surface area contributed by atoms with E-state index < -0.39 is 0 Å². The van der Waals surface area contributed by atoms with Crippen molar-refractivity contribution in [3.63, 3.8) is 0 Å². The van der Waals surface area contributed by atoms with Crippen molar-refractivity contribution < 1.29 is 39.0 Å². The van der Waals surface area contributed by atoms with Crippen LogP contribution >= 0.6 is 0 Å². The first-order chi connectivity index (χ1) is 37.2. The van der Waals surface area contributed by atoms with Gasteiger partial charge in [-0.05, 0) is 132 Å². The Hall–Kier alpha value is -8.67. The van der Waals surface area contributed by atoms with E-state index >= 15 is 0 Å². The molecule has 10 heterocycles. The first-order valence-electron chi connectivity index (χ1n) is 25.6. The summed E-state index contributed by atoms with van der Waals surface area (Å²) in [5.41, 5.74) is 26.4. The van der Waals surface area contributed by atoms with Crippen molar-refractivity contribution in [1.82, 2.24) is 39.9 Å². The van der Waals surface area contributed by atoms with E-state index in [0.717, 1.165) is 123 Å². The van der Waals surface area contributed by atoms with E-state index in [2.05, 4.69) is 222 Å². The maximum Gasteiger partial charge on any atom is 2.00 e. The van der Waals surface area contributed by atoms with Gasteiger partial charge in [-0.15, -0.1) is 44.1 Å². The molecule has 0 atom stereocenters. The molecule has 0 saturated heterocycles. The van der Waals surface area contributed by atoms with Crippen molar-refractivity contribution in [3.05, 3.63) is 226 Å². The minimum absolute atomic E-state index is 0. The first kappa shape index (κ1) is 50.2. The fourth-order valence-corrected chi connectivity index (χ4v) is 10.6. The third-order valence-electron chi connectivity index (χ3n) is 14.5. The summed E-state index contributed by atoms with van der Waals surface area (Å²) < 4.78 is 0. The van der Waals surface area contributed by atoms with Gasteiger partial charge in [0, 0.05) is 0 Å².